The lowest BCUT2D eigenvalue weighted by Gasteiger charge is -2.37. The first-order chi connectivity index (χ1) is 16.7. The van der Waals surface area contributed by atoms with Crippen LogP contribution in [0.1, 0.15) is 33.6 Å². The molecule has 10 nitrogen and oxygen atoms in total. The Morgan fingerprint density at radius 2 is 1.86 bits per heavy atom. The number of nitrogens with one attached hydrogen (secondary N) is 1. The number of morpholine rings is 1. The highest BCUT2D eigenvalue weighted by atomic mass is 32.1. The number of piperidine rings is 1. The van der Waals surface area contributed by atoms with Gasteiger partial charge in [-0.1, -0.05) is 11.3 Å². The molecule has 1 aromatic heterocycles. The van der Waals surface area contributed by atoms with Crippen LogP contribution in [-0.4, -0.2) is 92.1 Å². The second-order valence-corrected chi connectivity index (χ2v) is 10.8. The zero-order valence-electron chi connectivity index (χ0n) is 21.1. The van der Waals surface area contributed by atoms with Gasteiger partial charge in [-0.2, -0.15) is 0 Å². The second kappa shape index (κ2) is 10.4. The zero-order chi connectivity index (χ0) is 25.2. The average Bonchev–Trinajstić information content (AvgIpc) is 3.26. The van der Waals surface area contributed by atoms with Gasteiger partial charge in [0.15, 0.2) is 5.13 Å². The summed E-state index contributed by atoms with van der Waals surface area (Å²) in [5.74, 6) is 0.680. The number of nitrogens with zero attached hydrogens (tertiary/aromatic N) is 4. The molecule has 0 aliphatic carbocycles. The third kappa shape index (κ3) is 5.90. The number of amides is 3. The fourth-order valence-corrected chi connectivity index (χ4v) is 5.36. The van der Waals surface area contributed by atoms with Crippen LogP contribution >= 0.6 is 11.3 Å². The fraction of sp³-hybridized carbons (Fsp3) is 0.625. The Kier molecular flexibility index (Phi) is 7.56. The number of carbonyl (C=O) groups is 2. The van der Waals surface area contributed by atoms with Crippen molar-refractivity contribution in [3.63, 3.8) is 0 Å². The lowest BCUT2D eigenvalue weighted by molar-refractivity contribution is 0.0170. The Morgan fingerprint density at radius 3 is 2.49 bits per heavy atom. The maximum absolute atomic E-state index is 13.0. The molecule has 0 atom stereocenters. The number of hydrogen-bond donors (Lipinski definition) is 1. The van der Waals surface area contributed by atoms with E-state index in [1.54, 1.807) is 24.0 Å². The molecule has 0 unspecified atom stereocenters. The fourth-order valence-electron chi connectivity index (χ4n) is 4.35. The van der Waals surface area contributed by atoms with Crippen LogP contribution in [0.3, 0.4) is 0 Å². The number of aromatic nitrogens is 1. The highest BCUT2D eigenvalue weighted by molar-refractivity contribution is 7.23. The predicted octanol–water partition coefficient (Wildman–Crippen LogP) is 4.00. The number of ether oxygens (including phenoxy) is 3. The van der Waals surface area contributed by atoms with E-state index in [-0.39, 0.29) is 18.2 Å². The molecule has 0 bridgehead atoms. The quantitative estimate of drug-likeness (QED) is 0.671. The Balaban J connectivity index is 1.41. The third-order valence-electron chi connectivity index (χ3n) is 6.25. The van der Waals surface area contributed by atoms with Gasteiger partial charge in [-0.15, -0.1) is 0 Å². The van der Waals surface area contributed by atoms with Crippen molar-refractivity contribution in [2.45, 2.75) is 45.3 Å². The van der Waals surface area contributed by atoms with Gasteiger partial charge >= 0.3 is 12.1 Å². The second-order valence-electron chi connectivity index (χ2n) is 9.82. The van der Waals surface area contributed by atoms with Gasteiger partial charge in [-0.05, 0) is 45.7 Å². The van der Waals surface area contributed by atoms with E-state index in [4.69, 9.17) is 14.2 Å². The number of fused-ring (bicyclic) bond motifs is 1. The van der Waals surface area contributed by atoms with E-state index in [1.807, 2.05) is 32.9 Å². The topological polar surface area (TPSA) is 96.5 Å². The van der Waals surface area contributed by atoms with Crippen molar-refractivity contribution in [1.82, 2.24) is 14.8 Å². The summed E-state index contributed by atoms with van der Waals surface area (Å²) in [5.41, 5.74) is 1.29. The molecular weight excluding hydrogens is 470 g/mol. The summed E-state index contributed by atoms with van der Waals surface area (Å²) in [7, 11) is 3.38. The van der Waals surface area contributed by atoms with Gasteiger partial charge in [-0.3, -0.25) is 5.32 Å². The molecule has 4 rings (SSSR count). The molecule has 1 N–H and O–H groups in total. The van der Waals surface area contributed by atoms with Gasteiger partial charge < -0.3 is 28.9 Å². The van der Waals surface area contributed by atoms with Crippen LogP contribution in [0.4, 0.5) is 20.4 Å². The van der Waals surface area contributed by atoms with Crippen molar-refractivity contribution in [2.75, 3.05) is 63.8 Å². The van der Waals surface area contributed by atoms with Crippen LogP contribution in [0, 0.1) is 0 Å². The van der Waals surface area contributed by atoms with E-state index < -0.39 is 5.60 Å². The van der Waals surface area contributed by atoms with E-state index in [9.17, 15) is 9.59 Å². The van der Waals surface area contributed by atoms with Crippen molar-refractivity contribution in [2.24, 2.45) is 0 Å². The maximum Gasteiger partial charge on any atom is 0.410 e. The van der Waals surface area contributed by atoms with Crippen molar-refractivity contribution in [3.05, 3.63) is 12.1 Å². The summed E-state index contributed by atoms with van der Waals surface area (Å²) in [5, 5.41) is 3.51. The van der Waals surface area contributed by atoms with E-state index in [0.29, 0.717) is 50.0 Å². The minimum Gasteiger partial charge on any atom is -0.494 e. The highest BCUT2D eigenvalue weighted by Crippen LogP contribution is 2.39. The van der Waals surface area contributed by atoms with Gasteiger partial charge in [0, 0.05) is 39.3 Å². The SMILES string of the molecule is COc1ccc(N2CCOCC2)c2sc(NC(=O)N3CCC(N(C)C(=O)OC(C)(C)C)CC3)nc12. The van der Waals surface area contributed by atoms with Crippen LogP contribution < -0.4 is 15.0 Å². The Bertz CT molecular complexity index is 1050. The molecule has 35 heavy (non-hydrogen) atoms. The first kappa shape index (κ1) is 25.3. The Morgan fingerprint density at radius 1 is 1.17 bits per heavy atom. The van der Waals surface area contributed by atoms with Gasteiger partial charge in [0.1, 0.15) is 16.9 Å². The molecule has 0 saturated carbocycles. The number of likely N-dealkylation sites (tertiary alicyclic amines) is 1. The highest BCUT2D eigenvalue weighted by Gasteiger charge is 2.30. The predicted molar refractivity (Wildman–Crippen MR) is 137 cm³/mol. The number of carbonyl (C=O) groups excluding carboxylic acids is 2. The summed E-state index contributed by atoms with van der Waals surface area (Å²) in [6, 6.07) is 3.82. The summed E-state index contributed by atoms with van der Waals surface area (Å²) in [6.45, 7) is 9.67. The average molecular weight is 506 g/mol. The zero-order valence-corrected chi connectivity index (χ0v) is 21.9. The van der Waals surface area contributed by atoms with Gasteiger partial charge in [0.05, 0.1) is 30.7 Å². The first-order valence-corrected chi connectivity index (χ1v) is 12.8. The summed E-state index contributed by atoms with van der Waals surface area (Å²) >= 11 is 1.45. The van der Waals surface area contributed by atoms with Crippen molar-refractivity contribution in [1.29, 1.82) is 0 Å². The van der Waals surface area contributed by atoms with Gasteiger partial charge in [-0.25, -0.2) is 14.6 Å². The molecule has 11 heteroatoms. The molecule has 0 radical (unpaired) electrons. The smallest absolute Gasteiger partial charge is 0.410 e. The van der Waals surface area contributed by atoms with Crippen LogP contribution in [0.5, 0.6) is 5.75 Å². The van der Waals surface area contributed by atoms with Crippen molar-refractivity contribution in [3.8, 4) is 5.75 Å². The summed E-state index contributed by atoms with van der Waals surface area (Å²) in [4.78, 5) is 35.8. The minimum absolute atomic E-state index is 0.0386. The van der Waals surface area contributed by atoms with Crippen molar-refractivity contribution < 1.29 is 23.8 Å². The molecule has 2 aromatic rings. The van der Waals surface area contributed by atoms with E-state index >= 15 is 0 Å². The lowest BCUT2D eigenvalue weighted by Crippen LogP contribution is -2.49. The standard InChI is InChI=1S/C24H35N5O5S/c1-24(2,3)34-23(31)27(4)16-8-10-29(11-9-16)22(30)26-21-25-19-18(32-5)7-6-17(20(19)35-21)28-12-14-33-15-13-28/h6-7,16H,8-15H2,1-5H3,(H,25,26,30). The number of rotatable bonds is 4. The summed E-state index contributed by atoms with van der Waals surface area (Å²) < 4.78 is 17.5. The number of urea groups is 1. The number of anilines is 2. The summed E-state index contributed by atoms with van der Waals surface area (Å²) in [6.07, 6.45) is 1.05. The van der Waals surface area contributed by atoms with Gasteiger partial charge in [0.2, 0.25) is 0 Å². The van der Waals surface area contributed by atoms with Crippen molar-refractivity contribution >= 4 is 44.5 Å². The number of thiazole rings is 1. The Labute approximate surface area is 210 Å². The number of benzene rings is 1. The maximum atomic E-state index is 13.0. The molecule has 2 fully saturated rings. The molecular formula is C24H35N5O5S. The molecule has 2 aliphatic heterocycles. The molecule has 2 saturated heterocycles. The van der Waals surface area contributed by atoms with Crippen LogP contribution in [-0.2, 0) is 9.47 Å². The van der Waals surface area contributed by atoms with E-state index in [0.717, 1.165) is 29.0 Å². The van der Waals surface area contributed by atoms with Crippen LogP contribution in [0.2, 0.25) is 0 Å². The minimum atomic E-state index is -0.534. The Hall–Kier alpha value is -2.79. The molecule has 3 heterocycles. The first-order valence-electron chi connectivity index (χ1n) is 12.0. The number of hydrogen-bond acceptors (Lipinski definition) is 8. The third-order valence-corrected chi connectivity index (χ3v) is 7.25. The molecule has 2 aliphatic rings. The molecule has 0 spiro atoms. The normalized spacial score (nSPS) is 17.4. The largest absolute Gasteiger partial charge is 0.494 e. The van der Waals surface area contributed by atoms with E-state index in [2.05, 4.69) is 15.2 Å². The number of methoxy groups -OCH3 is 1. The van der Waals surface area contributed by atoms with Crippen LogP contribution in [0.25, 0.3) is 10.2 Å². The monoisotopic (exact) mass is 505 g/mol. The molecule has 3 amide bonds. The van der Waals surface area contributed by atoms with Gasteiger partial charge in [0.25, 0.3) is 0 Å². The molecule has 192 valence electrons. The lowest BCUT2D eigenvalue weighted by atomic mass is 10.0. The molecule has 1 aromatic carbocycles. The van der Waals surface area contributed by atoms with Crippen LogP contribution in [0.15, 0.2) is 12.1 Å². The van der Waals surface area contributed by atoms with E-state index in [1.165, 1.54) is 11.3 Å².